The van der Waals surface area contributed by atoms with Gasteiger partial charge in [-0.25, -0.2) is 4.98 Å². The molecule has 1 amide bonds. The molecule has 1 saturated carbocycles. The van der Waals surface area contributed by atoms with E-state index in [4.69, 9.17) is 5.73 Å². The smallest absolute Gasteiger partial charge is 0.250 e. The van der Waals surface area contributed by atoms with Crippen molar-refractivity contribution in [3.63, 3.8) is 0 Å². The van der Waals surface area contributed by atoms with Crippen molar-refractivity contribution in [3.05, 3.63) is 23.4 Å². The van der Waals surface area contributed by atoms with Crippen LogP contribution in [0.25, 0.3) is 0 Å². The number of carbonyl (C=O) groups excluding carboxylic acids is 1. The molecule has 2 atom stereocenters. The third-order valence-corrected chi connectivity index (χ3v) is 2.71. The summed E-state index contributed by atoms with van der Waals surface area (Å²) in [5.41, 5.74) is 6.83. The summed E-state index contributed by atoms with van der Waals surface area (Å²) in [4.78, 5) is 15.0. The Morgan fingerprint density at radius 3 is 3.31 bits per heavy atom. The molecule has 4 nitrogen and oxygen atoms in total. The fourth-order valence-electron chi connectivity index (χ4n) is 1.89. The van der Waals surface area contributed by atoms with Crippen molar-refractivity contribution in [1.29, 1.82) is 0 Å². The van der Waals surface area contributed by atoms with Gasteiger partial charge in [-0.15, -0.1) is 0 Å². The molecule has 0 unspecified atom stereocenters. The van der Waals surface area contributed by atoms with E-state index in [1.807, 2.05) is 6.07 Å². The minimum Gasteiger partial charge on any atom is -0.366 e. The molecule has 1 aromatic heterocycles. The van der Waals surface area contributed by atoms with E-state index in [-0.39, 0.29) is 0 Å². The van der Waals surface area contributed by atoms with Gasteiger partial charge in [-0.05, 0) is 12.5 Å². The lowest BCUT2D eigenvalue weighted by Crippen LogP contribution is -2.11. The molecule has 2 heterocycles. The van der Waals surface area contributed by atoms with E-state index < -0.39 is 5.91 Å². The van der Waals surface area contributed by atoms with E-state index in [9.17, 15) is 4.79 Å². The lowest BCUT2D eigenvalue weighted by atomic mass is 10.1. The summed E-state index contributed by atoms with van der Waals surface area (Å²) in [5, 5.41) is 3.27. The molecule has 1 aliphatic carbocycles. The zero-order chi connectivity index (χ0) is 9.00. The van der Waals surface area contributed by atoms with Crippen molar-refractivity contribution in [2.24, 2.45) is 5.73 Å². The van der Waals surface area contributed by atoms with E-state index in [1.54, 1.807) is 0 Å². The molecule has 0 saturated heterocycles. The molecule has 1 aliphatic heterocycles. The van der Waals surface area contributed by atoms with Gasteiger partial charge in [0.2, 0.25) is 5.91 Å². The number of primary amides is 1. The number of nitrogens with one attached hydrogen (secondary N) is 1. The first kappa shape index (κ1) is 6.88. The van der Waals surface area contributed by atoms with Gasteiger partial charge in [0, 0.05) is 23.7 Å². The van der Waals surface area contributed by atoms with E-state index in [1.165, 1.54) is 6.20 Å². The Hall–Kier alpha value is -1.58. The predicted molar refractivity (Wildman–Crippen MR) is 47.5 cm³/mol. The van der Waals surface area contributed by atoms with Gasteiger partial charge in [-0.1, -0.05) is 0 Å². The summed E-state index contributed by atoms with van der Waals surface area (Å²) in [6.07, 6.45) is 2.69. The van der Waals surface area contributed by atoms with Crippen molar-refractivity contribution in [2.75, 3.05) is 5.32 Å². The average Bonchev–Trinajstić information content (AvgIpc) is 2.78. The van der Waals surface area contributed by atoms with Crippen LogP contribution in [-0.2, 0) is 0 Å². The molecule has 66 valence electrons. The molecule has 1 aromatic rings. The minimum absolute atomic E-state index is 0.403. The monoisotopic (exact) mass is 175 g/mol. The molecule has 3 rings (SSSR count). The molecule has 0 spiro atoms. The van der Waals surface area contributed by atoms with Crippen molar-refractivity contribution in [3.8, 4) is 0 Å². The van der Waals surface area contributed by atoms with E-state index >= 15 is 0 Å². The van der Waals surface area contributed by atoms with Gasteiger partial charge in [-0.3, -0.25) is 4.79 Å². The summed E-state index contributed by atoms with van der Waals surface area (Å²) < 4.78 is 0. The number of hydrogen-bond acceptors (Lipinski definition) is 3. The maximum absolute atomic E-state index is 10.9. The zero-order valence-electron chi connectivity index (χ0n) is 6.95. The Morgan fingerprint density at radius 1 is 1.69 bits per heavy atom. The summed E-state index contributed by atoms with van der Waals surface area (Å²) in [6, 6.07) is 2.42. The number of nitrogens with two attached hydrogens (primary N) is 1. The number of aromatic nitrogens is 1. The fourth-order valence-corrected chi connectivity index (χ4v) is 1.89. The number of rotatable bonds is 1. The molecule has 0 aromatic carbocycles. The van der Waals surface area contributed by atoms with E-state index in [2.05, 4.69) is 10.3 Å². The van der Waals surface area contributed by atoms with Crippen LogP contribution in [-0.4, -0.2) is 16.9 Å². The number of hydrogen-bond donors (Lipinski definition) is 2. The summed E-state index contributed by atoms with van der Waals surface area (Å²) in [6.45, 7) is 0. The van der Waals surface area contributed by atoms with Gasteiger partial charge in [0.1, 0.15) is 5.82 Å². The minimum atomic E-state index is -0.403. The van der Waals surface area contributed by atoms with Gasteiger partial charge in [0.15, 0.2) is 0 Å². The quantitative estimate of drug-likeness (QED) is 0.651. The van der Waals surface area contributed by atoms with Crippen molar-refractivity contribution >= 4 is 11.7 Å². The third kappa shape index (κ3) is 0.854. The SMILES string of the molecule is NC(=O)c1cnc2c(c1)[C@H]1C[C@H]1N2. The molecule has 0 radical (unpaired) electrons. The van der Waals surface area contributed by atoms with Crippen LogP contribution >= 0.6 is 0 Å². The van der Waals surface area contributed by atoms with Crippen LogP contribution in [0.15, 0.2) is 12.3 Å². The molecule has 3 N–H and O–H groups in total. The van der Waals surface area contributed by atoms with E-state index in [0.717, 1.165) is 17.8 Å². The average molecular weight is 175 g/mol. The second-order valence-electron chi connectivity index (χ2n) is 3.62. The van der Waals surface area contributed by atoms with Crippen molar-refractivity contribution in [2.45, 2.75) is 18.4 Å². The normalized spacial score (nSPS) is 27.4. The number of pyridine rings is 1. The first-order chi connectivity index (χ1) is 6.25. The first-order valence-electron chi connectivity index (χ1n) is 4.32. The molecule has 13 heavy (non-hydrogen) atoms. The standard InChI is InChI=1S/C9H9N3O/c10-8(13)4-1-6-5-2-7(5)12-9(6)11-3-4/h1,3,5,7H,2H2,(H2,10,13)(H,11,12)/t5-,7-/m1/s1. The molecule has 2 aliphatic rings. The summed E-state index contributed by atoms with van der Waals surface area (Å²) in [7, 11) is 0. The summed E-state index contributed by atoms with van der Waals surface area (Å²) in [5.74, 6) is 1.09. The Morgan fingerprint density at radius 2 is 2.54 bits per heavy atom. The highest BCUT2D eigenvalue weighted by Gasteiger charge is 2.46. The van der Waals surface area contributed by atoms with Crippen LogP contribution in [0, 0.1) is 0 Å². The number of anilines is 1. The van der Waals surface area contributed by atoms with E-state index in [0.29, 0.717) is 17.5 Å². The lowest BCUT2D eigenvalue weighted by Gasteiger charge is -2.03. The Kier molecular flexibility index (Phi) is 1.07. The second-order valence-corrected chi connectivity index (χ2v) is 3.62. The number of amides is 1. The Bertz CT molecular complexity index is 402. The number of fused-ring (bicyclic) bond motifs is 3. The van der Waals surface area contributed by atoms with Gasteiger partial charge in [0.05, 0.1) is 5.56 Å². The molecule has 1 fully saturated rings. The Balaban J connectivity index is 2.11. The van der Waals surface area contributed by atoms with Crippen LogP contribution in [0.3, 0.4) is 0 Å². The van der Waals surface area contributed by atoms with Gasteiger partial charge in [0.25, 0.3) is 0 Å². The fraction of sp³-hybridized carbons (Fsp3) is 0.333. The van der Waals surface area contributed by atoms with Crippen LogP contribution in [0.4, 0.5) is 5.82 Å². The van der Waals surface area contributed by atoms with Crippen LogP contribution in [0.5, 0.6) is 0 Å². The van der Waals surface area contributed by atoms with Crippen molar-refractivity contribution in [1.82, 2.24) is 4.98 Å². The highest BCUT2D eigenvalue weighted by atomic mass is 16.1. The number of carbonyl (C=O) groups is 1. The third-order valence-electron chi connectivity index (χ3n) is 2.71. The van der Waals surface area contributed by atoms with Gasteiger partial charge >= 0.3 is 0 Å². The maximum Gasteiger partial charge on any atom is 0.250 e. The molecule has 0 bridgehead atoms. The second kappa shape index (κ2) is 2.02. The van der Waals surface area contributed by atoms with Crippen molar-refractivity contribution < 1.29 is 4.79 Å². The predicted octanol–water partition coefficient (Wildman–Crippen LogP) is 0.462. The first-order valence-corrected chi connectivity index (χ1v) is 4.32. The topological polar surface area (TPSA) is 68.0 Å². The van der Waals surface area contributed by atoms with Gasteiger partial charge in [-0.2, -0.15) is 0 Å². The highest BCUT2D eigenvalue weighted by molar-refractivity contribution is 5.93. The Labute approximate surface area is 75.2 Å². The number of nitrogens with zero attached hydrogens (tertiary/aromatic N) is 1. The largest absolute Gasteiger partial charge is 0.366 e. The lowest BCUT2D eigenvalue weighted by molar-refractivity contribution is 0.1000. The highest BCUT2D eigenvalue weighted by Crippen LogP contribution is 2.50. The van der Waals surface area contributed by atoms with Crippen LogP contribution in [0.2, 0.25) is 0 Å². The van der Waals surface area contributed by atoms with Crippen LogP contribution in [0.1, 0.15) is 28.3 Å². The summed E-state index contributed by atoms with van der Waals surface area (Å²) >= 11 is 0. The molecular weight excluding hydrogens is 166 g/mol. The molecule has 4 heteroatoms. The van der Waals surface area contributed by atoms with Gasteiger partial charge < -0.3 is 11.1 Å². The van der Waals surface area contributed by atoms with Crippen LogP contribution < -0.4 is 11.1 Å². The zero-order valence-corrected chi connectivity index (χ0v) is 6.95. The molecular formula is C9H9N3O. The maximum atomic E-state index is 10.9.